The number of benzene rings is 2. The second-order valence-electron chi connectivity index (χ2n) is 7.30. The number of carbonyl (C=O) groups excluding carboxylic acids is 1. The highest BCUT2D eigenvalue weighted by molar-refractivity contribution is 7.15. The highest BCUT2D eigenvalue weighted by Gasteiger charge is 2.45. The van der Waals surface area contributed by atoms with Crippen LogP contribution in [0.3, 0.4) is 0 Å². The standard InChI is InChI=1S/C23H17ClN2O4S/c1-11-12(2)31-23(25-11)26-19(13-4-7-15(29-3)8-5-13)18-20(27)16-10-14(24)6-9-17(16)30-21(18)22(26)28/h4-10,19H,1-3H3/t19-/m0/s1. The molecule has 4 aromatic rings. The molecule has 8 heteroatoms. The van der Waals surface area contributed by atoms with Gasteiger partial charge in [-0.15, -0.1) is 11.3 Å². The van der Waals surface area contributed by atoms with E-state index < -0.39 is 11.9 Å². The van der Waals surface area contributed by atoms with E-state index >= 15 is 0 Å². The predicted octanol–water partition coefficient (Wildman–Crippen LogP) is 5.28. The number of nitrogens with zero attached hydrogens (tertiary/aromatic N) is 2. The molecule has 1 aliphatic heterocycles. The van der Waals surface area contributed by atoms with Gasteiger partial charge in [0.25, 0.3) is 5.91 Å². The van der Waals surface area contributed by atoms with E-state index in [0.29, 0.717) is 26.9 Å². The lowest BCUT2D eigenvalue weighted by molar-refractivity contribution is 0.0971. The first-order chi connectivity index (χ1) is 14.9. The van der Waals surface area contributed by atoms with Crippen molar-refractivity contribution in [3.05, 3.63) is 85.2 Å². The molecule has 0 bridgehead atoms. The monoisotopic (exact) mass is 452 g/mol. The van der Waals surface area contributed by atoms with E-state index in [1.165, 1.54) is 11.3 Å². The molecule has 1 amide bonds. The Balaban J connectivity index is 1.80. The van der Waals surface area contributed by atoms with Gasteiger partial charge in [0.2, 0.25) is 5.76 Å². The van der Waals surface area contributed by atoms with Crippen LogP contribution in [0.25, 0.3) is 11.0 Å². The quantitative estimate of drug-likeness (QED) is 0.423. The Morgan fingerprint density at radius 2 is 1.87 bits per heavy atom. The summed E-state index contributed by atoms with van der Waals surface area (Å²) in [5, 5.41) is 1.28. The zero-order valence-corrected chi connectivity index (χ0v) is 18.5. The van der Waals surface area contributed by atoms with Gasteiger partial charge in [-0.25, -0.2) is 4.98 Å². The predicted molar refractivity (Wildman–Crippen MR) is 121 cm³/mol. The second kappa shape index (κ2) is 7.21. The number of aromatic nitrogens is 1. The molecule has 1 aliphatic rings. The van der Waals surface area contributed by atoms with E-state index in [0.717, 1.165) is 16.1 Å². The Morgan fingerprint density at radius 1 is 1.13 bits per heavy atom. The van der Waals surface area contributed by atoms with E-state index in [4.69, 9.17) is 20.8 Å². The van der Waals surface area contributed by atoms with Crippen LogP contribution in [-0.2, 0) is 0 Å². The van der Waals surface area contributed by atoms with Crippen molar-refractivity contribution >= 4 is 44.9 Å². The molecule has 0 radical (unpaired) electrons. The first-order valence-corrected chi connectivity index (χ1v) is 10.8. The summed E-state index contributed by atoms with van der Waals surface area (Å²) in [4.78, 5) is 34.2. The number of anilines is 1. The summed E-state index contributed by atoms with van der Waals surface area (Å²) in [5.74, 6) is 0.322. The van der Waals surface area contributed by atoms with E-state index in [2.05, 4.69) is 4.98 Å². The zero-order valence-electron chi connectivity index (χ0n) is 16.9. The summed E-state index contributed by atoms with van der Waals surface area (Å²) in [6.07, 6.45) is 0. The normalized spacial score (nSPS) is 15.5. The van der Waals surface area contributed by atoms with Crippen molar-refractivity contribution in [1.82, 2.24) is 4.98 Å². The Labute approximate surface area is 186 Å². The molecule has 2 aromatic carbocycles. The van der Waals surface area contributed by atoms with Crippen LogP contribution in [0.1, 0.15) is 38.3 Å². The van der Waals surface area contributed by atoms with Crippen molar-refractivity contribution in [3.8, 4) is 5.75 Å². The fraction of sp³-hybridized carbons (Fsp3) is 0.174. The lowest BCUT2D eigenvalue weighted by Gasteiger charge is -2.22. The second-order valence-corrected chi connectivity index (χ2v) is 8.92. The third-order valence-corrected chi connectivity index (χ3v) is 6.79. The Hall–Kier alpha value is -3.16. The van der Waals surface area contributed by atoms with Gasteiger partial charge in [-0.2, -0.15) is 0 Å². The summed E-state index contributed by atoms with van der Waals surface area (Å²) in [6.45, 7) is 3.84. The first-order valence-electron chi connectivity index (χ1n) is 9.57. The van der Waals surface area contributed by atoms with Crippen LogP contribution in [0.2, 0.25) is 5.02 Å². The lowest BCUT2D eigenvalue weighted by atomic mass is 9.98. The van der Waals surface area contributed by atoms with Crippen LogP contribution in [0.4, 0.5) is 5.13 Å². The summed E-state index contributed by atoms with van der Waals surface area (Å²) >= 11 is 7.53. The number of rotatable bonds is 3. The third-order valence-electron chi connectivity index (χ3n) is 5.49. The summed E-state index contributed by atoms with van der Waals surface area (Å²) < 4.78 is 11.2. The molecule has 1 atom stereocenters. The van der Waals surface area contributed by atoms with E-state index in [-0.39, 0.29) is 16.8 Å². The molecule has 3 heterocycles. The number of amides is 1. The number of halogens is 1. The van der Waals surface area contributed by atoms with Gasteiger partial charge in [0.05, 0.1) is 29.8 Å². The van der Waals surface area contributed by atoms with Crippen molar-refractivity contribution in [3.63, 3.8) is 0 Å². The molecule has 2 aromatic heterocycles. The molecular formula is C23H17ClN2O4S. The number of fused-ring (bicyclic) bond motifs is 2. The van der Waals surface area contributed by atoms with E-state index in [1.54, 1.807) is 42.3 Å². The molecule has 0 unspecified atom stereocenters. The van der Waals surface area contributed by atoms with Crippen LogP contribution in [-0.4, -0.2) is 18.0 Å². The minimum atomic E-state index is -0.669. The van der Waals surface area contributed by atoms with Crippen LogP contribution < -0.4 is 15.1 Å². The van der Waals surface area contributed by atoms with Crippen molar-refractivity contribution in [2.75, 3.05) is 12.0 Å². The zero-order chi connectivity index (χ0) is 21.9. The SMILES string of the molecule is COc1ccc([C@H]2c3c(oc4ccc(Cl)cc4c3=O)C(=O)N2c2nc(C)c(C)s2)cc1. The van der Waals surface area contributed by atoms with Crippen LogP contribution >= 0.6 is 22.9 Å². The molecule has 0 N–H and O–H groups in total. The van der Waals surface area contributed by atoms with Gasteiger partial charge >= 0.3 is 0 Å². The van der Waals surface area contributed by atoms with Gasteiger partial charge in [0.15, 0.2) is 10.6 Å². The molecule has 0 fully saturated rings. The van der Waals surface area contributed by atoms with Gasteiger partial charge in [-0.05, 0) is 49.7 Å². The fourth-order valence-electron chi connectivity index (χ4n) is 3.80. The smallest absolute Gasteiger partial charge is 0.297 e. The largest absolute Gasteiger partial charge is 0.497 e. The minimum Gasteiger partial charge on any atom is -0.497 e. The topological polar surface area (TPSA) is 72.6 Å². The van der Waals surface area contributed by atoms with Crippen molar-refractivity contribution < 1.29 is 13.9 Å². The molecule has 6 nitrogen and oxygen atoms in total. The number of hydrogen-bond acceptors (Lipinski definition) is 6. The number of aryl methyl sites for hydroxylation is 2. The van der Waals surface area contributed by atoms with Crippen LogP contribution in [0, 0.1) is 13.8 Å². The number of hydrogen-bond donors (Lipinski definition) is 0. The van der Waals surface area contributed by atoms with Crippen molar-refractivity contribution in [2.45, 2.75) is 19.9 Å². The number of ether oxygens (including phenoxy) is 1. The maximum absolute atomic E-state index is 13.5. The summed E-state index contributed by atoms with van der Waals surface area (Å²) in [5.41, 5.74) is 1.93. The Bertz CT molecular complexity index is 1390. The molecule has 5 rings (SSSR count). The van der Waals surface area contributed by atoms with Crippen LogP contribution in [0.15, 0.2) is 51.7 Å². The fourth-order valence-corrected chi connectivity index (χ4v) is 4.91. The molecule has 0 aliphatic carbocycles. The van der Waals surface area contributed by atoms with Gasteiger partial charge < -0.3 is 9.15 Å². The minimum absolute atomic E-state index is 0.0335. The third kappa shape index (κ3) is 3.04. The average Bonchev–Trinajstić information content (AvgIpc) is 3.25. The van der Waals surface area contributed by atoms with E-state index in [9.17, 15) is 9.59 Å². The molecule has 0 saturated carbocycles. The molecule has 0 saturated heterocycles. The number of methoxy groups -OCH3 is 1. The number of carbonyl (C=O) groups is 1. The average molecular weight is 453 g/mol. The molecule has 0 spiro atoms. The van der Waals surface area contributed by atoms with Gasteiger partial charge in [-0.3, -0.25) is 14.5 Å². The van der Waals surface area contributed by atoms with Gasteiger partial charge in [0.1, 0.15) is 11.3 Å². The van der Waals surface area contributed by atoms with Gasteiger partial charge in [0, 0.05) is 9.90 Å². The van der Waals surface area contributed by atoms with Crippen LogP contribution in [0.5, 0.6) is 5.75 Å². The Morgan fingerprint density at radius 3 is 2.52 bits per heavy atom. The highest BCUT2D eigenvalue weighted by Crippen LogP contribution is 2.43. The van der Waals surface area contributed by atoms with Crippen molar-refractivity contribution in [2.24, 2.45) is 0 Å². The van der Waals surface area contributed by atoms with Gasteiger partial charge in [-0.1, -0.05) is 23.7 Å². The summed E-state index contributed by atoms with van der Waals surface area (Å²) in [7, 11) is 1.58. The maximum atomic E-state index is 13.5. The molecular weight excluding hydrogens is 436 g/mol. The maximum Gasteiger partial charge on any atom is 0.297 e. The Kier molecular flexibility index (Phi) is 4.60. The first kappa shape index (κ1) is 19.8. The lowest BCUT2D eigenvalue weighted by Crippen LogP contribution is -2.29. The van der Waals surface area contributed by atoms with E-state index in [1.807, 2.05) is 26.0 Å². The number of thiazole rings is 1. The highest BCUT2D eigenvalue weighted by atomic mass is 35.5. The molecule has 31 heavy (non-hydrogen) atoms. The molecule has 156 valence electrons. The van der Waals surface area contributed by atoms with Crippen molar-refractivity contribution in [1.29, 1.82) is 0 Å². The summed E-state index contributed by atoms with van der Waals surface area (Å²) in [6, 6.07) is 11.4.